The van der Waals surface area contributed by atoms with E-state index < -0.39 is 0 Å². The standard InChI is InChI=1S/C19H26N4O/c1-14-6-8-16(9-7-14)15(2)22-18-11-19(21-13-20-18)23-10-4-3-5-17(23)12-24/h6-9,11,13,15,17,24H,3-5,10,12H2,1-2H3,(H,20,21,22). The highest BCUT2D eigenvalue weighted by molar-refractivity contribution is 5.50. The van der Waals surface area contributed by atoms with Crippen LogP contribution in [-0.4, -0.2) is 34.3 Å². The molecule has 0 bridgehead atoms. The number of benzene rings is 1. The van der Waals surface area contributed by atoms with Gasteiger partial charge in [0.2, 0.25) is 0 Å². The van der Waals surface area contributed by atoms with Crippen molar-refractivity contribution in [2.75, 3.05) is 23.4 Å². The molecule has 1 aromatic heterocycles. The average Bonchev–Trinajstić information content (AvgIpc) is 2.62. The molecule has 1 fully saturated rings. The molecule has 1 aliphatic rings. The number of rotatable bonds is 5. The lowest BCUT2D eigenvalue weighted by Gasteiger charge is -2.35. The number of piperidine rings is 1. The van der Waals surface area contributed by atoms with Crippen molar-refractivity contribution in [3.8, 4) is 0 Å². The number of nitrogens with one attached hydrogen (secondary N) is 1. The molecule has 3 rings (SSSR count). The molecule has 0 radical (unpaired) electrons. The zero-order valence-corrected chi connectivity index (χ0v) is 14.4. The fourth-order valence-electron chi connectivity index (χ4n) is 3.24. The minimum atomic E-state index is 0.163. The highest BCUT2D eigenvalue weighted by Crippen LogP contribution is 2.25. The summed E-state index contributed by atoms with van der Waals surface area (Å²) in [6.45, 7) is 5.33. The van der Waals surface area contributed by atoms with Gasteiger partial charge in [0.15, 0.2) is 0 Å². The van der Waals surface area contributed by atoms with Crippen LogP contribution in [0.1, 0.15) is 43.4 Å². The van der Waals surface area contributed by atoms with Crippen molar-refractivity contribution in [2.45, 2.75) is 45.2 Å². The van der Waals surface area contributed by atoms with Gasteiger partial charge in [-0.1, -0.05) is 29.8 Å². The van der Waals surface area contributed by atoms with Crippen LogP contribution in [0.25, 0.3) is 0 Å². The lowest BCUT2D eigenvalue weighted by atomic mass is 10.0. The summed E-state index contributed by atoms with van der Waals surface area (Å²) in [5.74, 6) is 1.71. The molecule has 2 unspecified atom stereocenters. The Bertz CT molecular complexity index is 659. The molecule has 0 saturated carbocycles. The number of nitrogens with zero attached hydrogens (tertiary/aromatic N) is 3. The van der Waals surface area contributed by atoms with E-state index >= 15 is 0 Å². The largest absolute Gasteiger partial charge is 0.394 e. The third-order valence-electron chi connectivity index (χ3n) is 4.73. The Labute approximate surface area is 143 Å². The third-order valence-corrected chi connectivity index (χ3v) is 4.73. The molecule has 1 saturated heterocycles. The van der Waals surface area contributed by atoms with Crippen LogP contribution < -0.4 is 10.2 Å². The van der Waals surface area contributed by atoms with E-state index in [9.17, 15) is 5.11 Å². The maximum Gasteiger partial charge on any atom is 0.134 e. The molecule has 0 aliphatic carbocycles. The van der Waals surface area contributed by atoms with E-state index in [4.69, 9.17) is 0 Å². The number of aliphatic hydroxyl groups excluding tert-OH is 1. The van der Waals surface area contributed by atoms with Crippen LogP contribution in [-0.2, 0) is 0 Å². The van der Waals surface area contributed by atoms with E-state index in [-0.39, 0.29) is 18.7 Å². The zero-order chi connectivity index (χ0) is 16.9. The van der Waals surface area contributed by atoms with Gasteiger partial charge in [0.25, 0.3) is 0 Å². The van der Waals surface area contributed by atoms with Gasteiger partial charge in [-0.25, -0.2) is 9.97 Å². The lowest BCUT2D eigenvalue weighted by molar-refractivity contribution is 0.239. The zero-order valence-electron chi connectivity index (χ0n) is 14.4. The smallest absolute Gasteiger partial charge is 0.134 e. The first kappa shape index (κ1) is 16.7. The molecule has 128 valence electrons. The van der Waals surface area contributed by atoms with Gasteiger partial charge in [-0.15, -0.1) is 0 Å². The van der Waals surface area contributed by atoms with Crippen molar-refractivity contribution >= 4 is 11.6 Å². The number of hydrogen-bond acceptors (Lipinski definition) is 5. The summed E-state index contributed by atoms with van der Waals surface area (Å²) in [6, 6.07) is 10.8. The summed E-state index contributed by atoms with van der Waals surface area (Å²) < 4.78 is 0. The first-order chi connectivity index (χ1) is 11.7. The summed E-state index contributed by atoms with van der Waals surface area (Å²) in [5.41, 5.74) is 2.49. The molecule has 2 atom stereocenters. The summed E-state index contributed by atoms with van der Waals surface area (Å²) in [4.78, 5) is 11.0. The molecule has 2 N–H and O–H groups in total. The van der Waals surface area contributed by atoms with Gasteiger partial charge in [0.1, 0.15) is 18.0 Å². The number of aromatic nitrogens is 2. The monoisotopic (exact) mass is 326 g/mol. The number of aryl methyl sites for hydroxylation is 1. The molecule has 1 aliphatic heterocycles. The minimum absolute atomic E-state index is 0.163. The molecule has 24 heavy (non-hydrogen) atoms. The van der Waals surface area contributed by atoms with E-state index in [1.54, 1.807) is 6.33 Å². The van der Waals surface area contributed by atoms with Gasteiger partial charge in [-0.05, 0) is 38.7 Å². The number of hydrogen-bond donors (Lipinski definition) is 2. The van der Waals surface area contributed by atoms with Crippen LogP contribution in [0.5, 0.6) is 0 Å². The second-order valence-electron chi connectivity index (χ2n) is 6.56. The summed E-state index contributed by atoms with van der Waals surface area (Å²) in [5, 5.41) is 13.1. The van der Waals surface area contributed by atoms with Crippen LogP contribution in [0.3, 0.4) is 0 Å². The number of aliphatic hydroxyl groups is 1. The summed E-state index contributed by atoms with van der Waals surface area (Å²) >= 11 is 0. The Morgan fingerprint density at radius 2 is 2.04 bits per heavy atom. The minimum Gasteiger partial charge on any atom is -0.394 e. The van der Waals surface area contributed by atoms with Crippen LogP contribution in [0.2, 0.25) is 0 Å². The lowest BCUT2D eigenvalue weighted by Crippen LogP contribution is -2.42. The second kappa shape index (κ2) is 7.62. The summed E-state index contributed by atoms with van der Waals surface area (Å²) in [6.07, 6.45) is 4.93. The Hall–Kier alpha value is -2.14. The predicted molar refractivity (Wildman–Crippen MR) is 97.3 cm³/mol. The fourth-order valence-corrected chi connectivity index (χ4v) is 3.24. The highest BCUT2D eigenvalue weighted by Gasteiger charge is 2.23. The van der Waals surface area contributed by atoms with Gasteiger partial charge in [-0.3, -0.25) is 0 Å². The van der Waals surface area contributed by atoms with Crippen LogP contribution in [0.4, 0.5) is 11.6 Å². The fraction of sp³-hybridized carbons (Fsp3) is 0.474. The molecule has 2 heterocycles. The number of anilines is 2. The van der Waals surface area contributed by atoms with Crippen molar-refractivity contribution in [1.82, 2.24) is 9.97 Å². The SMILES string of the molecule is Cc1ccc(C(C)Nc2cc(N3CCCCC3CO)ncn2)cc1. The maximum absolute atomic E-state index is 9.61. The van der Waals surface area contributed by atoms with E-state index in [1.807, 2.05) is 6.07 Å². The van der Waals surface area contributed by atoms with Crippen LogP contribution in [0, 0.1) is 6.92 Å². The van der Waals surface area contributed by atoms with Gasteiger partial charge in [-0.2, -0.15) is 0 Å². The van der Waals surface area contributed by atoms with E-state index in [2.05, 4.69) is 58.3 Å². The Balaban J connectivity index is 1.74. The second-order valence-corrected chi connectivity index (χ2v) is 6.56. The van der Waals surface area contributed by atoms with Crippen LogP contribution >= 0.6 is 0 Å². The predicted octanol–water partition coefficient (Wildman–Crippen LogP) is 3.31. The molecule has 0 amide bonds. The summed E-state index contributed by atoms with van der Waals surface area (Å²) in [7, 11) is 0. The van der Waals surface area contributed by atoms with E-state index in [0.717, 1.165) is 31.0 Å². The van der Waals surface area contributed by atoms with E-state index in [1.165, 1.54) is 17.5 Å². The quantitative estimate of drug-likeness (QED) is 0.883. The van der Waals surface area contributed by atoms with Crippen molar-refractivity contribution < 1.29 is 5.11 Å². The Kier molecular flexibility index (Phi) is 5.30. The molecule has 5 nitrogen and oxygen atoms in total. The van der Waals surface area contributed by atoms with E-state index in [0.29, 0.717) is 0 Å². The van der Waals surface area contributed by atoms with Gasteiger partial charge >= 0.3 is 0 Å². The molecule has 5 heteroatoms. The van der Waals surface area contributed by atoms with Gasteiger partial charge < -0.3 is 15.3 Å². The third kappa shape index (κ3) is 3.85. The first-order valence-electron chi connectivity index (χ1n) is 8.70. The highest BCUT2D eigenvalue weighted by atomic mass is 16.3. The molecule has 0 spiro atoms. The average molecular weight is 326 g/mol. The molecule has 2 aromatic rings. The van der Waals surface area contributed by atoms with Crippen LogP contribution in [0.15, 0.2) is 36.7 Å². The molecular weight excluding hydrogens is 300 g/mol. The van der Waals surface area contributed by atoms with Crippen molar-refractivity contribution in [3.05, 3.63) is 47.8 Å². The van der Waals surface area contributed by atoms with Crippen molar-refractivity contribution in [3.63, 3.8) is 0 Å². The normalized spacial score (nSPS) is 19.1. The van der Waals surface area contributed by atoms with Crippen molar-refractivity contribution in [2.24, 2.45) is 0 Å². The van der Waals surface area contributed by atoms with Gasteiger partial charge in [0.05, 0.1) is 12.6 Å². The Morgan fingerprint density at radius 3 is 2.79 bits per heavy atom. The molecule has 1 aromatic carbocycles. The maximum atomic E-state index is 9.61. The topological polar surface area (TPSA) is 61.3 Å². The Morgan fingerprint density at radius 1 is 1.25 bits per heavy atom. The first-order valence-corrected chi connectivity index (χ1v) is 8.70. The molecular formula is C19H26N4O. The van der Waals surface area contributed by atoms with Gasteiger partial charge in [0, 0.05) is 18.7 Å². The van der Waals surface area contributed by atoms with Crippen molar-refractivity contribution in [1.29, 1.82) is 0 Å².